The minimum atomic E-state index is -0.423. The summed E-state index contributed by atoms with van der Waals surface area (Å²) in [6.45, 7) is 2.57. The van der Waals surface area contributed by atoms with Crippen molar-refractivity contribution in [2.75, 3.05) is 43.1 Å². The zero-order valence-corrected chi connectivity index (χ0v) is 14.2. The number of carbonyl (C=O) groups is 1. The van der Waals surface area contributed by atoms with Gasteiger partial charge in [-0.15, -0.1) is 0 Å². The number of amides is 1. The van der Waals surface area contributed by atoms with Crippen LogP contribution >= 0.6 is 23.4 Å². The number of rotatable bonds is 5. The van der Waals surface area contributed by atoms with Crippen molar-refractivity contribution in [2.24, 2.45) is 5.73 Å². The molecule has 122 valence electrons. The Labute approximate surface area is 139 Å². The third-order valence-corrected chi connectivity index (χ3v) is 4.74. The molecular formula is C15H21ClFN3OS. The summed E-state index contributed by atoms with van der Waals surface area (Å²) in [4.78, 5) is 16.1. The van der Waals surface area contributed by atoms with Crippen molar-refractivity contribution >= 4 is 35.0 Å². The molecule has 1 aromatic carbocycles. The summed E-state index contributed by atoms with van der Waals surface area (Å²) in [6, 6.07) is 3.97. The highest BCUT2D eigenvalue weighted by Gasteiger charge is 2.25. The number of thioether (sulfide) groups is 1. The van der Waals surface area contributed by atoms with E-state index in [-0.39, 0.29) is 11.7 Å². The van der Waals surface area contributed by atoms with E-state index in [4.69, 9.17) is 17.3 Å². The third-order valence-electron chi connectivity index (χ3n) is 3.79. The van der Waals surface area contributed by atoms with E-state index in [2.05, 4.69) is 4.90 Å². The topological polar surface area (TPSA) is 49.6 Å². The summed E-state index contributed by atoms with van der Waals surface area (Å²) in [5.74, 6) is 0.555. The van der Waals surface area contributed by atoms with E-state index in [1.54, 1.807) is 22.7 Å². The Morgan fingerprint density at radius 2 is 2.09 bits per heavy atom. The Hall–Kier alpha value is -0.980. The Kier molecular flexibility index (Phi) is 6.35. The van der Waals surface area contributed by atoms with Crippen LogP contribution in [-0.4, -0.2) is 55.0 Å². The number of anilines is 1. The number of carbonyl (C=O) groups excluding carboxylic acids is 1. The van der Waals surface area contributed by atoms with Crippen LogP contribution in [0.15, 0.2) is 18.2 Å². The van der Waals surface area contributed by atoms with Gasteiger partial charge in [0.1, 0.15) is 5.82 Å². The molecule has 1 fully saturated rings. The van der Waals surface area contributed by atoms with Crippen LogP contribution in [0, 0.1) is 5.82 Å². The third kappa shape index (κ3) is 4.27. The molecule has 0 bridgehead atoms. The molecule has 1 aliphatic rings. The van der Waals surface area contributed by atoms with Crippen LogP contribution in [0.1, 0.15) is 6.42 Å². The van der Waals surface area contributed by atoms with E-state index in [1.807, 2.05) is 6.26 Å². The number of benzene rings is 1. The van der Waals surface area contributed by atoms with E-state index in [1.165, 1.54) is 12.1 Å². The summed E-state index contributed by atoms with van der Waals surface area (Å²) in [5, 5.41) is 0.399. The second kappa shape index (κ2) is 8.04. The van der Waals surface area contributed by atoms with E-state index in [9.17, 15) is 9.18 Å². The molecule has 0 unspecified atom stereocenters. The van der Waals surface area contributed by atoms with Crippen LogP contribution in [0.3, 0.4) is 0 Å². The van der Waals surface area contributed by atoms with Gasteiger partial charge in [-0.25, -0.2) is 4.39 Å². The van der Waals surface area contributed by atoms with Crippen molar-refractivity contribution < 1.29 is 9.18 Å². The smallest absolute Gasteiger partial charge is 0.239 e. The molecule has 22 heavy (non-hydrogen) atoms. The first-order chi connectivity index (χ1) is 10.5. The fourth-order valence-corrected chi connectivity index (χ4v) is 3.28. The van der Waals surface area contributed by atoms with Crippen molar-refractivity contribution in [2.45, 2.75) is 12.5 Å². The summed E-state index contributed by atoms with van der Waals surface area (Å²) in [6.07, 6.45) is 2.70. The van der Waals surface area contributed by atoms with Gasteiger partial charge < -0.3 is 15.5 Å². The number of hydrogen-bond acceptors (Lipinski definition) is 4. The lowest BCUT2D eigenvalue weighted by molar-refractivity contribution is -0.132. The van der Waals surface area contributed by atoms with Gasteiger partial charge >= 0.3 is 0 Å². The van der Waals surface area contributed by atoms with Crippen molar-refractivity contribution in [1.82, 2.24) is 4.90 Å². The molecule has 0 spiro atoms. The zero-order chi connectivity index (χ0) is 16.1. The molecule has 0 aliphatic carbocycles. The molecule has 2 N–H and O–H groups in total. The maximum absolute atomic E-state index is 13.1. The highest BCUT2D eigenvalue weighted by Crippen LogP contribution is 2.27. The van der Waals surface area contributed by atoms with E-state index in [0.29, 0.717) is 37.6 Å². The zero-order valence-electron chi connectivity index (χ0n) is 12.6. The quantitative estimate of drug-likeness (QED) is 0.889. The fraction of sp³-hybridized carbons (Fsp3) is 0.533. The molecule has 1 aliphatic heterocycles. The van der Waals surface area contributed by atoms with Crippen molar-refractivity contribution in [3.63, 3.8) is 0 Å². The van der Waals surface area contributed by atoms with E-state index < -0.39 is 6.04 Å². The van der Waals surface area contributed by atoms with Crippen LogP contribution < -0.4 is 10.6 Å². The van der Waals surface area contributed by atoms with E-state index in [0.717, 1.165) is 11.4 Å². The molecule has 1 heterocycles. The summed E-state index contributed by atoms with van der Waals surface area (Å²) in [5.41, 5.74) is 6.75. The van der Waals surface area contributed by atoms with Gasteiger partial charge in [0.25, 0.3) is 0 Å². The largest absolute Gasteiger partial charge is 0.367 e. The molecule has 1 amide bonds. The first-order valence-corrected chi connectivity index (χ1v) is 9.03. The first-order valence-electron chi connectivity index (χ1n) is 7.26. The Morgan fingerprint density at radius 3 is 2.68 bits per heavy atom. The van der Waals surface area contributed by atoms with E-state index >= 15 is 0 Å². The molecule has 1 saturated heterocycles. The van der Waals surface area contributed by atoms with Crippen LogP contribution in [0.5, 0.6) is 0 Å². The van der Waals surface area contributed by atoms with Crippen molar-refractivity contribution in [1.29, 1.82) is 0 Å². The summed E-state index contributed by atoms with van der Waals surface area (Å²) >= 11 is 7.78. The standard InChI is InChI=1S/C15H21ClFN3OS/c1-22-9-4-13(18)15(21)20-7-5-19(6-8-20)14-3-2-11(17)10-12(14)16/h2-3,10,13H,4-9,18H2,1H3/t13-/m1/s1. The Balaban J connectivity index is 1.91. The average molecular weight is 346 g/mol. The maximum atomic E-state index is 13.1. The van der Waals surface area contributed by atoms with Crippen LogP contribution in [-0.2, 0) is 4.79 Å². The number of halogens is 2. The molecule has 7 heteroatoms. The number of nitrogens with zero attached hydrogens (tertiary/aromatic N) is 2. The summed E-state index contributed by atoms with van der Waals surface area (Å²) in [7, 11) is 0. The van der Waals surface area contributed by atoms with Gasteiger partial charge in [0, 0.05) is 26.2 Å². The minimum Gasteiger partial charge on any atom is -0.367 e. The minimum absolute atomic E-state index is 0.0129. The molecule has 2 rings (SSSR count). The van der Waals surface area contributed by atoms with Gasteiger partial charge in [-0.3, -0.25) is 4.79 Å². The second-order valence-electron chi connectivity index (χ2n) is 5.30. The van der Waals surface area contributed by atoms with Gasteiger partial charge in [0.15, 0.2) is 0 Å². The first kappa shape index (κ1) is 17.4. The average Bonchev–Trinajstić information content (AvgIpc) is 2.52. The highest BCUT2D eigenvalue weighted by atomic mass is 35.5. The number of nitrogens with two attached hydrogens (primary N) is 1. The number of piperazine rings is 1. The SMILES string of the molecule is CSCC[C@@H](N)C(=O)N1CCN(c2ccc(F)cc2Cl)CC1. The Morgan fingerprint density at radius 1 is 1.41 bits per heavy atom. The molecular weight excluding hydrogens is 325 g/mol. The van der Waals surface area contributed by atoms with Crippen molar-refractivity contribution in [3.05, 3.63) is 29.0 Å². The second-order valence-corrected chi connectivity index (χ2v) is 6.69. The molecule has 1 aromatic rings. The molecule has 0 radical (unpaired) electrons. The monoisotopic (exact) mass is 345 g/mol. The predicted octanol–water partition coefficient (Wildman–Crippen LogP) is 2.21. The van der Waals surface area contributed by atoms with Gasteiger partial charge in [-0.05, 0) is 36.6 Å². The van der Waals surface area contributed by atoms with Crippen LogP contribution in [0.2, 0.25) is 5.02 Å². The molecule has 0 aromatic heterocycles. The van der Waals surface area contributed by atoms with Crippen LogP contribution in [0.4, 0.5) is 10.1 Å². The normalized spacial score (nSPS) is 16.7. The lowest BCUT2D eigenvalue weighted by atomic mass is 10.2. The highest BCUT2D eigenvalue weighted by molar-refractivity contribution is 7.98. The van der Waals surface area contributed by atoms with Gasteiger partial charge in [-0.1, -0.05) is 11.6 Å². The lowest BCUT2D eigenvalue weighted by Gasteiger charge is -2.37. The molecule has 4 nitrogen and oxygen atoms in total. The van der Waals surface area contributed by atoms with Crippen LogP contribution in [0.25, 0.3) is 0 Å². The maximum Gasteiger partial charge on any atom is 0.239 e. The Bertz CT molecular complexity index is 524. The van der Waals surface area contributed by atoms with Crippen molar-refractivity contribution in [3.8, 4) is 0 Å². The predicted molar refractivity (Wildman–Crippen MR) is 91.2 cm³/mol. The lowest BCUT2D eigenvalue weighted by Crippen LogP contribution is -2.53. The fourth-order valence-electron chi connectivity index (χ4n) is 2.51. The van der Waals surface area contributed by atoms with Gasteiger partial charge in [0.05, 0.1) is 16.8 Å². The van der Waals surface area contributed by atoms with Gasteiger partial charge in [0.2, 0.25) is 5.91 Å². The molecule has 1 atom stereocenters. The summed E-state index contributed by atoms with van der Waals surface area (Å²) < 4.78 is 13.1. The molecule has 0 saturated carbocycles. The van der Waals surface area contributed by atoms with Gasteiger partial charge in [-0.2, -0.15) is 11.8 Å². The number of hydrogen-bond donors (Lipinski definition) is 1.